The lowest BCUT2D eigenvalue weighted by atomic mass is 10.1. The quantitative estimate of drug-likeness (QED) is 0.0200. The second kappa shape index (κ2) is 39.0. The molecule has 0 aromatic carbocycles. The lowest BCUT2D eigenvalue weighted by molar-refractivity contribution is -0.870. The molecule has 0 amide bonds. The normalized spacial score (nSPS) is 14.4. The molecule has 0 spiro atoms. The van der Waals surface area contributed by atoms with Crippen molar-refractivity contribution < 1.29 is 37.3 Å². The number of unbranched alkanes of at least 4 members (excludes halogenated alkanes) is 16. The molecule has 0 aromatic rings. The summed E-state index contributed by atoms with van der Waals surface area (Å²) in [6.45, 7) is 5.28. The minimum absolute atomic E-state index is 0.0126. The Hall–Kier alpha value is -1.80. The molecule has 0 aliphatic heterocycles. The third-order valence-electron chi connectivity index (χ3n) is 9.04. The number of carbonyl (C=O) groups is 1. The highest BCUT2D eigenvalue weighted by molar-refractivity contribution is 7.45. The summed E-state index contributed by atoms with van der Waals surface area (Å²) in [6.07, 6.45) is 48.1. The van der Waals surface area contributed by atoms with Crippen LogP contribution in [0.5, 0.6) is 0 Å². The topological polar surface area (TPSA) is 94.1 Å². The van der Waals surface area contributed by atoms with Gasteiger partial charge in [-0.3, -0.25) is 9.36 Å². The summed E-state index contributed by atoms with van der Waals surface area (Å²) >= 11 is 0. The molecule has 1 unspecified atom stereocenters. The number of phosphoric ester groups is 1. The fraction of sp³-hybridized carbons (Fsp3) is 0.761. The molecular weight excluding hydrogens is 709 g/mol. The van der Waals surface area contributed by atoms with Gasteiger partial charge in [-0.1, -0.05) is 145 Å². The van der Waals surface area contributed by atoms with Crippen molar-refractivity contribution >= 4 is 13.8 Å². The van der Waals surface area contributed by atoms with Gasteiger partial charge >= 0.3 is 5.97 Å². The average Bonchev–Trinajstić information content (AvgIpc) is 3.13. The molecule has 0 fully saturated rings. The number of likely N-dealkylation sites (N-methyl/N-ethyl adjacent to an activating group) is 1. The van der Waals surface area contributed by atoms with E-state index in [-0.39, 0.29) is 26.2 Å². The molecule has 0 N–H and O–H groups in total. The number of hydrogen-bond acceptors (Lipinski definition) is 7. The molecular formula is C46H84NO7P. The van der Waals surface area contributed by atoms with Crippen molar-refractivity contribution in [2.24, 2.45) is 0 Å². The van der Waals surface area contributed by atoms with Gasteiger partial charge in [-0.05, 0) is 77.0 Å². The number of carbonyl (C=O) groups excluding carboxylic acids is 1. The summed E-state index contributed by atoms with van der Waals surface area (Å²) in [5, 5.41) is 0. The standard InChI is InChI=1S/C46H84NO7P/c1-6-8-10-12-14-16-18-20-22-24-25-27-29-31-33-35-37-39-46(48)54-45(44-53-55(49,50)52-42-40-47(3,4)5)43-51-41-38-36-34-32-30-28-26-23-21-19-17-15-13-11-9-7-2/h14,16,20-23,25,27,31,33,45H,6-13,15,17-19,24,26,28-30,32,34-44H2,1-5H3/b16-14-,22-20-,23-21-,27-25-,33-31-/t45-/m1/s1. The first-order valence-electron chi connectivity index (χ1n) is 22.0. The number of allylic oxidation sites excluding steroid dienone is 10. The van der Waals surface area contributed by atoms with Crippen LogP contribution in [0.2, 0.25) is 0 Å². The molecule has 0 saturated carbocycles. The molecule has 0 radical (unpaired) electrons. The largest absolute Gasteiger partial charge is 0.756 e. The molecule has 0 heterocycles. The number of esters is 1. The second-order valence-corrected chi connectivity index (χ2v) is 17.1. The van der Waals surface area contributed by atoms with Crippen LogP contribution in [0.4, 0.5) is 0 Å². The summed E-state index contributed by atoms with van der Waals surface area (Å²) in [7, 11) is 1.31. The zero-order valence-corrected chi connectivity index (χ0v) is 37.0. The molecule has 2 atom stereocenters. The van der Waals surface area contributed by atoms with Crippen molar-refractivity contribution in [3.63, 3.8) is 0 Å². The number of quaternary nitrogens is 1. The van der Waals surface area contributed by atoms with Crippen LogP contribution >= 0.6 is 7.82 Å². The summed E-state index contributed by atoms with van der Waals surface area (Å²) in [4.78, 5) is 25.0. The maximum atomic E-state index is 12.6. The van der Waals surface area contributed by atoms with Crippen LogP contribution in [-0.2, 0) is 27.9 Å². The van der Waals surface area contributed by atoms with Gasteiger partial charge in [0.15, 0.2) is 0 Å². The van der Waals surface area contributed by atoms with Crippen LogP contribution in [0.15, 0.2) is 60.8 Å². The smallest absolute Gasteiger partial charge is 0.306 e. The third kappa shape index (κ3) is 43.2. The molecule has 55 heavy (non-hydrogen) atoms. The van der Waals surface area contributed by atoms with Crippen LogP contribution in [0.1, 0.15) is 168 Å². The molecule has 320 valence electrons. The maximum absolute atomic E-state index is 12.6. The van der Waals surface area contributed by atoms with E-state index in [4.69, 9.17) is 18.5 Å². The van der Waals surface area contributed by atoms with Crippen LogP contribution in [0.25, 0.3) is 0 Å². The Bertz CT molecular complexity index is 1060. The number of ether oxygens (including phenoxy) is 2. The summed E-state index contributed by atoms with van der Waals surface area (Å²) in [5.41, 5.74) is 0. The van der Waals surface area contributed by atoms with Crippen molar-refractivity contribution in [2.75, 3.05) is 54.1 Å². The van der Waals surface area contributed by atoms with Crippen LogP contribution in [0, 0.1) is 0 Å². The number of phosphoric acid groups is 1. The summed E-state index contributed by atoms with van der Waals surface area (Å²) in [6, 6.07) is 0. The first-order valence-corrected chi connectivity index (χ1v) is 23.5. The third-order valence-corrected chi connectivity index (χ3v) is 10.0. The van der Waals surface area contributed by atoms with Crippen molar-refractivity contribution in [1.82, 2.24) is 0 Å². The number of hydrogen-bond donors (Lipinski definition) is 0. The van der Waals surface area contributed by atoms with E-state index in [0.29, 0.717) is 24.1 Å². The Morgan fingerprint density at radius 1 is 0.564 bits per heavy atom. The van der Waals surface area contributed by atoms with Gasteiger partial charge in [0.25, 0.3) is 7.82 Å². The highest BCUT2D eigenvalue weighted by Gasteiger charge is 2.20. The minimum Gasteiger partial charge on any atom is -0.756 e. The molecule has 0 bridgehead atoms. The van der Waals surface area contributed by atoms with Gasteiger partial charge in [-0.15, -0.1) is 0 Å². The van der Waals surface area contributed by atoms with Gasteiger partial charge in [0.05, 0.1) is 34.4 Å². The number of rotatable bonds is 40. The van der Waals surface area contributed by atoms with Crippen molar-refractivity contribution in [1.29, 1.82) is 0 Å². The van der Waals surface area contributed by atoms with E-state index in [1.165, 1.54) is 96.3 Å². The zero-order valence-electron chi connectivity index (χ0n) is 36.1. The van der Waals surface area contributed by atoms with Crippen LogP contribution < -0.4 is 4.89 Å². The zero-order chi connectivity index (χ0) is 40.6. The second-order valence-electron chi connectivity index (χ2n) is 15.7. The van der Waals surface area contributed by atoms with Crippen LogP contribution in [0.3, 0.4) is 0 Å². The van der Waals surface area contributed by atoms with E-state index in [0.717, 1.165) is 44.9 Å². The fourth-order valence-electron chi connectivity index (χ4n) is 5.59. The van der Waals surface area contributed by atoms with Gasteiger partial charge in [0.2, 0.25) is 0 Å². The van der Waals surface area contributed by atoms with Crippen LogP contribution in [-0.4, -0.2) is 70.7 Å². The maximum Gasteiger partial charge on any atom is 0.306 e. The molecule has 0 aromatic heterocycles. The number of nitrogens with zero attached hydrogens (tertiary/aromatic N) is 1. The lowest BCUT2D eigenvalue weighted by Gasteiger charge is -2.28. The molecule has 0 saturated heterocycles. The van der Waals surface area contributed by atoms with Gasteiger partial charge in [0.1, 0.15) is 19.3 Å². The van der Waals surface area contributed by atoms with Crippen molar-refractivity contribution in [3.05, 3.63) is 60.8 Å². The predicted molar refractivity (Wildman–Crippen MR) is 231 cm³/mol. The molecule has 0 aliphatic carbocycles. The highest BCUT2D eigenvalue weighted by Crippen LogP contribution is 2.38. The Balaban J connectivity index is 4.36. The Morgan fingerprint density at radius 2 is 1.00 bits per heavy atom. The Morgan fingerprint density at radius 3 is 1.55 bits per heavy atom. The van der Waals surface area contributed by atoms with Gasteiger partial charge < -0.3 is 27.9 Å². The van der Waals surface area contributed by atoms with Gasteiger partial charge in [-0.2, -0.15) is 0 Å². The monoisotopic (exact) mass is 794 g/mol. The van der Waals surface area contributed by atoms with Gasteiger partial charge in [-0.25, -0.2) is 0 Å². The Labute approximate surface area is 339 Å². The Kier molecular flexibility index (Phi) is 37.8. The molecule has 8 nitrogen and oxygen atoms in total. The highest BCUT2D eigenvalue weighted by atomic mass is 31.2. The SMILES string of the molecule is CCCCC/C=C\C/C=C\C/C=C\C/C=C\CCCC(=O)O[C@H](COCCCCCCCC/C=C\CCCCCCCC)COP(=O)([O-])OCC[N+](C)(C)C. The first kappa shape index (κ1) is 53.2. The molecule has 9 heteroatoms. The average molecular weight is 794 g/mol. The van der Waals surface area contributed by atoms with E-state index in [1.807, 2.05) is 21.1 Å². The summed E-state index contributed by atoms with van der Waals surface area (Å²) < 4.78 is 34.5. The van der Waals surface area contributed by atoms with Gasteiger partial charge in [0, 0.05) is 13.0 Å². The van der Waals surface area contributed by atoms with E-state index in [9.17, 15) is 14.3 Å². The summed E-state index contributed by atoms with van der Waals surface area (Å²) in [5.74, 6) is -0.392. The van der Waals surface area contributed by atoms with Crippen molar-refractivity contribution in [3.8, 4) is 0 Å². The minimum atomic E-state index is -4.54. The van der Waals surface area contributed by atoms with E-state index < -0.39 is 19.9 Å². The first-order chi connectivity index (χ1) is 26.6. The fourth-order valence-corrected chi connectivity index (χ4v) is 6.32. The van der Waals surface area contributed by atoms with E-state index in [2.05, 4.69) is 74.6 Å². The van der Waals surface area contributed by atoms with E-state index in [1.54, 1.807) is 0 Å². The van der Waals surface area contributed by atoms with E-state index >= 15 is 0 Å². The van der Waals surface area contributed by atoms with Crippen molar-refractivity contribution in [2.45, 2.75) is 174 Å². The molecule has 0 aliphatic rings. The molecule has 0 rings (SSSR count). The predicted octanol–water partition coefficient (Wildman–Crippen LogP) is 12.3. The lowest BCUT2D eigenvalue weighted by Crippen LogP contribution is -2.37.